The van der Waals surface area contributed by atoms with Gasteiger partial charge in [-0.25, -0.2) is 0 Å². The van der Waals surface area contributed by atoms with Crippen molar-refractivity contribution < 1.29 is 0 Å². The molecule has 0 unspecified atom stereocenters. The first-order chi connectivity index (χ1) is 2.89. The van der Waals surface area contributed by atoms with Crippen LogP contribution in [-0.4, -0.2) is 12.1 Å². The molecule has 0 amide bonds. The van der Waals surface area contributed by atoms with Crippen molar-refractivity contribution in [3.05, 3.63) is 0 Å². The van der Waals surface area contributed by atoms with Gasteiger partial charge in [-0.3, -0.25) is 0 Å². The molecule has 31 valence electrons. The Kier molecular flexibility index (Phi) is 0.506. The molecule has 1 aliphatic heterocycles. The maximum absolute atomic E-state index is 5.04. The number of nitrogens with two attached hydrogens (primary N) is 1. The molecule has 0 fully saturated rings. The lowest BCUT2D eigenvalue weighted by Crippen LogP contribution is -2.09. The minimum Gasteiger partial charge on any atom is -0.381 e. The lowest BCUT2D eigenvalue weighted by Gasteiger charge is -1.68. The maximum atomic E-state index is 5.04. The predicted molar refractivity (Wildman–Crippen MR) is 22.2 cm³/mol. The van der Waals surface area contributed by atoms with Crippen molar-refractivity contribution in [1.82, 2.24) is 5.53 Å². The minimum atomic E-state index is 0.370. The van der Waals surface area contributed by atoms with Gasteiger partial charge < -0.3 is 5.73 Å². The van der Waals surface area contributed by atoms with Crippen LogP contribution in [0.4, 0.5) is 0 Å². The van der Waals surface area contributed by atoms with Crippen molar-refractivity contribution in [2.75, 3.05) is 0 Å². The van der Waals surface area contributed by atoms with Gasteiger partial charge in [0.15, 0.2) is 5.84 Å². The summed E-state index contributed by atoms with van der Waals surface area (Å²) in [6.45, 7) is 0. The van der Waals surface area contributed by atoms with Gasteiger partial charge in [0.2, 0.25) is 0 Å². The summed E-state index contributed by atoms with van der Waals surface area (Å²) in [5.41, 5.74) is 8.24. The molecule has 0 aromatic rings. The molecule has 0 saturated carbocycles. The lowest BCUT2D eigenvalue weighted by atomic mass is 10.7. The van der Waals surface area contributed by atoms with Crippen LogP contribution in [0, 0.1) is 0 Å². The van der Waals surface area contributed by atoms with E-state index in [1.807, 2.05) is 0 Å². The van der Waals surface area contributed by atoms with E-state index in [0.717, 1.165) is 0 Å². The highest BCUT2D eigenvalue weighted by Crippen LogP contribution is 1.72. The van der Waals surface area contributed by atoms with E-state index in [-0.39, 0.29) is 0 Å². The molecule has 6 heavy (non-hydrogen) atoms. The van der Waals surface area contributed by atoms with Crippen LogP contribution in [0.25, 0.3) is 0 Å². The summed E-state index contributed by atoms with van der Waals surface area (Å²) in [6, 6.07) is 0. The summed E-state index contributed by atoms with van der Waals surface area (Å²) in [6.07, 6.45) is 1.39. The van der Waals surface area contributed by atoms with Gasteiger partial charge in [-0.2, -0.15) is 0 Å². The second-order valence-corrected chi connectivity index (χ2v) is 0.859. The smallest absolute Gasteiger partial charge is 0.168 e. The molecule has 4 nitrogen and oxygen atoms in total. The van der Waals surface area contributed by atoms with Crippen LogP contribution in [0.3, 0.4) is 0 Å². The monoisotopic (exact) mass is 83.0 g/mol. The van der Waals surface area contributed by atoms with Crippen LogP contribution in [-0.2, 0) is 0 Å². The van der Waals surface area contributed by atoms with Gasteiger partial charge in [-0.1, -0.05) is 0 Å². The number of hydrogen-bond acceptors (Lipinski definition) is 3. The van der Waals surface area contributed by atoms with Gasteiger partial charge in [-0.15, -0.1) is 10.2 Å². The van der Waals surface area contributed by atoms with Crippen molar-refractivity contribution in [2.24, 2.45) is 15.9 Å². The number of rotatable bonds is 0. The third-order valence-electron chi connectivity index (χ3n) is 0.402. The minimum absolute atomic E-state index is 0.370. The van der Waals surface area contributed by atoms with Gasteiger partial charge in [0, 0.05) is 0 Å². The summed E-state index contributed by atoms with van der Waals surface area (Å²) in [7, 11) is 0. The normalized spacial score (nSPS) is 17.0. The summed E-state index contributed by atoms with van der Waals surface area (Å²) in [5.74, 6) is 0.370. The molecule has 1 rings (SSSR count). The van der Waals surface area contributed by atoms with Crippen LogP contribution in [0.15, 0.2) is 10.2 Å². The van der Waals surface area contributed by atoms with Crippen LogP contribution >= 0.6 is 0 Å². The Bertz CT molecular complexity index is 99.4. The predicted octanol–water partition coefficient (Wildman–Crippen LogP) is -1.14. The molecule has 0 atom stereocenters. The summed E-state index contributed by atoms with van der Waals surface area (Å²) in [4.78, 5) is 0. The van der Waals surface area contributed by atoms with Crippen LogP contribution in [0.1, 0.15) is 0 Å². The standard InChI is InChI=1S/C2H3N4/c3-2-1-4-6-5-2/h1H,(H2,3,5). The Labute approximate surface area is 34.7 Å². The number of hydrogen-bond donors (Lipinski definition) is 1. The Morgan fingerprint density at radius 3 is 2.67 bits per heavy atom. The fourth-order valence-corrected chi connectivity index (χ4v) is 0.188. The van der Waals surface area contributed by atoms with E-state index in [9.17, 15) is 0 Å². The Morgan fingerprint density at radius 1 is 1.67 bits per heavy atom. The van der Waals surface area contributed by atoms with Gasteiger partial charge in [0.25, 0.3) is 0 Å². The zero-order chi connectivity index (χ0) is 4.41. The SMILES string of the molecule is NC1=N[N]N=C1. The largest absolute Gasteiger partial charge is 0.381 e. The molecule has 0 spiro atoms. The highest BCUT2D eigenvalue weighted by atomic mass is 15.5. The molecule has 0 aromatic heterocycles. The van der Waals surface area contributed by atoms with E-state index in [1.54, 1.807) is 0 Å². The fraction of sp³-hybridized carbons (Fsp3) is 0. The highest BCUT2D eigenvalue weighted by molar-refractivity contribution is 6.29. The zero-order valence-corrected chi connectivity index (χ0v) is 3.00. The van der Waals surface area contributed by atoms with Crippen molar-refractivity contribution in [3.8, 4) is 0 Å². The van der Waals surface area contributed by atoms with Gasteiger partial charge in [-0.05, 0) is 5.53 Å². The molecule has 1 aliphatic rings. The first-order valence-corrected chi connectivity index (χ1v) is 1.46. The molecule has 1 heterocycles. The zero-order valence-electron chi connectivity index (χ0n) is 3.00. The maximum Gasteiger partial charge on any atom is 0.168 e. The average Bonchev–Trinajstić information content (AvgIpc) is 1.86. The molecule has 0 bridgehead atoms. The first-order valence-electron chi connectivity index (χ1n) is 1.46. The Morgan fingerprint density at radius 2 is 2.50 bits per heavy atom. The summed E-state index contributed by atoms with van der Waals surface area (Å²) >= 11 is 0. The third-order valence-corrected chi connectivity index (χ3v) is 0.402. The third kappa shape index (κ3) is 0.314. The van der Waals surface area contributed by atoms with E-state index >= 15 is 0 Å². The van der Waals surface area contributed by atoms with E-state index < -0.39 is 0 Å². The fourth-order valence-electron chi connectivity index (χ4n) is 0.188. The second kappa shape index (κ2) is 0.965. The van der Waals surface area contributed by atoms with E-state index in [0.29, 0.717) is 5.84 Å². The molecular weight excluding hydrogens is 80.0 g/mol. The number of amidine groups is 1. The Hall–Kier alpha value is -1.06. The van der Waals surface area contributed by atoms with Crippen molar-refractivity contribution in [3.63, 3.8) is 0 Å². The van der Waals surface area contributed by atoms with Crippen LogP contribution < -0.4 is 11.3 Å². The molecule has 1 radical (unpaired) electrons. The highest BCUT2D eigenvalue weighted by Gasteiger charge is 1.89. The van der Waals surface area contributed by atoms with Crippen LogP contribution in [0.5, 0.6) is 0 Å². The molecular formula is C2H3N4. The van der Waals surface area contributed by atoms with Crippen molar-refractivity contribution >= 4 is 12.1 Å². The lowest BCUT2D eigenvalue weighted by molar-refractivity contribution is 0.812. The van der Waals surface area contributed by atoms with E-state index in [2.05, 4.69) is 15.7 Å². The van der Waals surface area contributed by atoms with Gasteiger partial charge in [0.05, 0.1) is 6.21 Å². The molecule has 2 N–H and O–H groups in total. The van der Waals surface area contributed by atoms with E-state index in [1.165, 1.54) is 6.21 Å². The van der Waals surface area contributed by atoms with E-state index in [4.69, 9.17) is 5.73 Å². The number of nitrogens with zero attached hydrogens (tertiary/aromatic N) is 3. The van der Waals surface area contributed by atoms with Crippen molar-refractivity contribution in [2.45, 2.75) is 0 Å². The topological polar surface area (TPSA) is 64.8 Å². The van der Waals surface area contributed by atoms with Gasteiger partial charge >= 0.3 is 0 Å². The van der Waals surface area contributed by atoms with Crippen LogP contribution in [0.2, 0.25) is 0 Å². The van der Waals surface area contributed by atoms with Gasteiger partial charge in [0.1, 0.15) is 0 Å². The first kappa shape index (κ1) is 3.14. The summed E-state index contributed by atoms with van der Waals surface area (Å²) in [5, 5.41) is 6.67. The molecule has 0 aromatic carbocycles. The quantitative estimate of drug-likeness (QED) is 0.395. The Balaban J connectivity index is 2.68. The average molecular weight is 83.1 g/mol. The molecule has 0 aliphatic carbocycles. The summed E-state index contributed by atoms with van der Waals surface area (Å²) < 4.78 is 0. The van der Waals surface area contributed by atoms with Crippen molar-refractivity contribution in [1.29, 1.82) is 0 Å². The molecule has 4 heteroatoms. The molecule has 0 saturated heterocycles. The second-order valence-electron chi connectivity index (χ2n) is 0.859.